The molecule has 1 aromatic carbocycles. The molecule has 0 bridgehead atoms. The fraction of sp³-hybridized carbons (Fsp3) is 0.667. The van der Waals surface area contributed by atoms with Crippen LogP contribution in [0.5, 0.6) is 0 Å². The molecular weight excluding hydrogens is 451 g/mol. The second kappa shape index (κ2) is 14.2. The molecule has 0 spiro atoms. The number of ether oxygens (including phenoxy) is 1. The van der Waals surface area contributed by atoms with Gasteiger partial charge < -0.3 is 15.0 Å². The highest BCUT2D eigenvalue weighted by Gasteiger charge is 2.25. The summed E-state index contributed by atoms with van der Waals surface area (Å²) >= 11 is 0. The van der Waals surface area contributed by atoms with Crippen molar-refractivity contribution in [2.45, 2.75) is 39.2 Å². The number of nitrogens with zero attached hydrogens (tertiary/aromatic N) is 3. The number of halogens is 1. The summed E-state index contributed by atoms with van der Waals surface area (Å²) in [5, 5.41) is 3.51. The van der Waals surface area contributed by atoms with Gasteiger partial charge in [0.25, 0.3) is 0 Å². The van der Waals surface area contributed by atoms with E-state index in [-0.39, 0.29) is 24.0 Å². The van der Waals surface area contributed by atoms with E-state index in [1.807, 2.05) is 14.0 Å². The number of nitrogens with one attached hydrogen (secondary N) is 1. The lowest BCUT2D eigenvalue weighted by Crippen LogP contribution is -2.53. The fourth-order valence-electron chi connectivity index (χ4n) is 3.63. The van der Waals surface area contributed by atoms with E-state index in [9.17, 15) is 0 Å². The molecule has 0 aliphatic carbocycles. The second-order valence-corrected chi connectivity index (χ2v) is 6.74. The molecule has 27 heavy (non-hydrogen) atoms. The summed E-state index contributed by atoms with van der Waals surface area (Å²) in [5.74, 6) is 1.04. The van der Waals surface area contributed by atoms with E-state index in [1.165, 1.54) is 5.56 Å². The largest absolute Gasteiger partial charge is 0.382 e. The van der Waals surface area contributed by atoms with E-state index in [2.05, 4.69) is 57.4 Å². The highest BCUT2D eigenvalue weighted by molar-refractivity contribution is 14.0. The molecule has 1 N–H and O–H groups in total. The summed E-state index contributed by atoms with van der Waals surface area (Å²) < 4.78 is 5.39. The molecule has 1 heterocycles. The Morgan fingerprint density at radius 1 is 1.11 bits per heavy atom. The zero-order chi connectivity index (χ0) is 18.6. The number of guanidine groups is 1. The molecule has 0 radical (unpaired) electrons. The molecule has 1 aliphatic heterocycles. The first kappa shape index (κ1) is 24.2. The Balaban J connectivity index is 0.00000364. The molecule has 6 heteroatoms. The minimum Gasteiger partial charge on any atom is -0.382 e. The number of hydrogen-bond acceptors (Lipinski definition) is 3. The van der Waals surface area contributed by atoms with E-state index in [0.717, 1.165) is 71.2 Å². The van der Waals surface area contributed by atoms with Crippen molar-refractivity contribution in [2.24, 2.45) is 4.99 Å². The summed E-state index contributed by atoms with van der Waals surface area (Å²) in [4.78, 5) is 9.47. The van der Waals surface area contributed by atoms with Gasteiger partial charge in [-0.05, 0) is 31.7 Å². The van der Waals surface area contributed by atoms with Crippen LogP contribution in [-0.4, -0.2) is 68.7 Å². The van der Waals surface area contributed by atoms with E-state index in [1.54, 1.807) is 0 Å². The third kappa shape index (κ3) is 7.95. The van der Waals surface area contributed by atoms with Crippen LogP contribution in [-0.2, 0) is 4.74 Å². The van der Waals surface area contributed by atoms with Crippen LogP contribution in [0.2, 0.25) is 0 Å². The van der Waals surface area contributed by atoms with Crippen molar-refractivity contribution < 1.29 is 4.74 Å². The van der Waals surface area contributed by atoms with E-state index in [0.29, 0.717) is 6.04 Å². The van der Waals surface area contributed by atoms with Crippen LogP contribution in [0.25, 0.3) is 0 Å². The van der Waals surface area contributed by atoms with Gasteiger partial charge in [0, 0.05) is 59.0 Å². The van der Waals surface area contributed by atoms with Crippen LogP contribution in [0, 0.1) is 0 Å². The van der Waals surface area contributed by atoms with Gasteiger partial charge in [-0.15, -0.1) is 24.0 Å². The number of piperazine rings is 1. The first-order valence-electron chi connectivity index (χ1n) is 10.1. The molecule has 0 aromatic heterocycles. The highest BCUT2D eigenvalue weighted by Crippen LogP contribution is 2.25. The van der Waals surface area contributed by atoms with E-state index < -0.39 is 0 Å². The summed E-state index contributed by atoms with van der Waals surface area (Å²) in [6, 6.07) is 11.4. The summed E-state index contributed by atoms with van der Waals surface area (Å²) in [5.41, 5.74) is 1.43. The standard InChI is InChI=1S/C21H36N4O.HI/c1-4-20(19-11-7-6-8-12-19)24-14-16-25(17-15-24)21(22-3)23-13-9-10-18-26-5-2;/h6-8,11-12,20H,4-5,9-10,13-18H2,1-3H3,(H,22,23);1H. The van der Waals surface area contributed by atoms with E-state index >= 15 is 0 Å². The average molecular weight is 488 g/mol. The summed E-state index contributed by atoms with van der Waals surface area (Å²) in [7, 11) is 1.88. The lowest BCUT2D eigenvalue weighted by atomic mass is 10.0. The first-order chi connectivity index (χ1) is 12.8. The van der Waals surface area contributed by atoms with Crippen LogP contribution in [0.3, 0.4) is 0 Å². The number of benzene rings is 1. The maximum atomic E-state index is 5.39. The SMILES string of the molecule is CCOCCCCNC(=NC)N1CCN(C(CC)c2ccccc2)CC1.I. The zero-order valence-electron chi connectivity index (χ0n) is 17.2. The Hall–Kier alpha value is -0.860. The maximum absolute atomic E-state index is 5.39. The highest BCUT2D eigenvalue weighted by atomic mass is 127. The van der Waals surface area contributed by atoms with Crippen LogP contribution in [0.4, 0.5) is 0 Å². The van der Waals surface area contributed by atoms with Crippen LogP contribution in [0.15, 0.2) is 35.3 Å². The van der Waals surface area contributed by atoms with Crippen molar-refractivity contribution in [3.8, 4) is 0 Å². The molecule has 1 saturated heterocycles. The number of rotatable bonds is 9. The van der Waals surface area contributed by atoms with E-state index in [4.69, 9.17) is 4.74 Å². The second-order valence-electron chi connectivity index (χ2n) is 6.74. The van der Waals surface area contributed by atoms with Crippen LogP contribution >= 0.6 is 24.0 Å². The summed E-state index contributed by atoms with van der Waals surface area (Å²) in [6.07, 6.45) is 3.36. The molecule has 1 fully saturated rings. The molecule has 0 amide bonds. The van der Waals surface area contributed by atoms with Gasteiger partial charge in [-0.2, -0.15) is 0 Å². The predicted molar refractivity (Wildman–Crippen MR) is 125 cm³/mol. The lowest BCUT2D eigenvalue weighted by Gasteiger charge is -2.40. The number of unbranched alkanes of at least 4 members (excludes halogenated alkanes) is 1. The van der Waals surface area contributed by atoms with Gasteiger partial charge >= 0.3 is 0 Å². The molecule has 154 valence electrons. The summed E-state index contributed by atoms with van der Waals surface area (Å²) in [6.45, 7) is 11.2. The minimum atomic E-state index is 0. The van der Waals surface area contributed by atoms with Gasteiger partial charge in [-0.1, -0.05) is 37.3 Å². The van der Waals surface area contributed by atoms with Gasteiger partial charge in [0.2, 0.25) is 0 Å². The molecule has 1 aromatic rings. The maximum Gasteiger partial charge on any atom is 0.193 e. The fourth-order valence-corrected chi connectivity index (χ4v) is 3.63. The van der Waals surface area contributed by atoms with Gasteiger partial charge in [0.15, 0.2) is 5.96 Å². The smallest absolute Gasteiger partial charge is 0.193 e. The molecule has 1 atom stereocenters. The third-order valence-electron chi connectivity index (χ3n) is 5.04. The van der Waals surface area contributed by atoms with Crippen molar-refractivity contribution in [1.29, 1.82) is 0 Å². The average Bonchev–Trinajstić information content (AvgIpc) is 2.70. The number of hydrogen-bond donors (Lipinski definition) is 1. The van der Waals surface area contributed by atoms with Crippen molar-refractivity contribution >= 4 is 29.9 Å². The Bertz CT molecular complexity index is 518. The van der Waals surface area contributed by atoms with Crippen LogP contribution in [0.1, 0.15) is 44.7 Å². The first-order valence-corrected chi connectivity index (χ1v) is 10.1. The molecule has 1 aliphatic rings. The molecule has 5 nitrogen and oxygen atoms in total. The van der Waals surface area contributed by atoms with Crippen molar-refractivity contribution in [3.05, 3.63) is 35.9 Å². The van der Waals surface area contributed by atoms with Gasteiger partial charge in [-0.3, -0.25) is 9.89 Å². The predicted octanol–water partition coefficient (Wildman–Crippen LogP) is 3.77. The van der Waals surface area contributed by atoms with Gasteiger partial charge in [0.1, 0.15) is 0 Å². The van der Waals surface area contributed by atoms with Gasteiger partial charge in [-0.25, -0.2) is 0 Å². The Morgan fingerprint density at radius 3 is 2.41 bits per heavy atom. The quantitative estimate of drug-likeness (QED) is 0.249. The Morgan fingerprint density at radius 2 is 1.81 bits per heavy atom. The van der Waals surface area contributed by atoms with Crippen molar-refractivity contribution in [2.75, 3.05) is 53.0 Å². The minimum absolute atomic E-state index is 0. The van der Waals surface area contributed by atoms with Crippen molar-refractivity contribution in [3.63, 3.8) is 0 Å². The molecular formula is C21H37IN4O. The number of aliphatic imine (C=N–C) groups is 1. The third-order valence-corrected chi connectivity index (χ3v) is 5.04. The Labute approximate surface area is 182 Å². The molecule has 1 unspecified atom stereocenters. The Kier molecular flexibility index (Phi) is 12.7. The van der Waals surface area contributed by atoms with Crippen molar-refractivity contribution in [1.82, 2.24) is 15.1 Å². The topological polar surface area (TPSA) is 40.1 Å². The van der Waals surface area contributed by atoms with Gasteiger partial charge in [0.05, 0.1) is 0 Å². The molecule has 2 rings (SSSR count). The monoisotopic (exact) mass is 488 g/mol. The van der Waals surface area contributed by atoms with Crippen LogP contribution < -0.4 is 5.32 Å². The lowest BCUT2D eigenvalue weighted by molar-refractivity contribution is 0.126. The zero-order valence-corrected chi connectivity index (χ0v) is 19.5. The normalized spacial score (nSPS) is 16.7. The molecule has 0 saturated carbocycles.